The molecule has 0 spiro atoms. The van der Waals surface area contributed by atoms with Gasteiger partial charge in [-0.25, -0.2) is 0 Å². The highest BCUT2D eigenvalue weighted by molar-refractivity contribution is 9.09. The van der Waals surface area contributed by atoms with E-state index in [9.17, 15) is 0 Å². The molecule has 1 aromatic carbocycles. The lowest BCUT2D eigenvalue weighted by molar-refractivity contribution is 1.25. The molecule has 0 bridgehead atoms. The number of hydrazine groups is 1. The maximum atomic E-state index is 8.49. The molecule has 0 aliphatic heterocycles. The van der Waals surface area contributed by atoms with E-state index in [2.05, 4.69) is 33.7 Å². The molecule has 4 heteroatoms. The first-order valence-electron chi connectivity index (χ1n) is 3.26. The Morgan fingerprint density at radius 2 is 1.75 bits per heavy atom. The predicted molar refractivity (Wildman–Crippen MR) is 52.1 cm³/mol. The van der Waals surface area contributed by atoms with E-state index in [-0.39, 0.29) is 4.83 Å². The van der Waals surface area contributed by atoms with E-state index in [1.54, 1.807) is 0 Å². The van der Waals surface area contributed by atoms with E-state index in [0.717, 1.165) is 5.56 Å². The second-order valence-electron chi connectivity index (χ2n) is 1.90. The summed E-state index contributed by atoms with van der Waals surface area (Å²) in [5.41, 5.74) is 1.00. The quantitative estimate of drug-likeness (QED) is 0.434. The van der Waals surface area contributed by atoms with Gasteiger partial charge in [0.2, 0.25) is 0 Å². The average Bonchev–Trinajstić information content (AvgIpc) is 2.21. The van der Waals surface area contributed by atoms with E-state index in [4.69, 9.17) is 5.26 Å². The van der Waals surface area contributed by atoms with Crippen LogP contribution in [0.4, 0.5) is 0 Å². The molecule has 12 heavy (non-hydrogen) atoms. The summed E-state index contributed by atoms with van der Waals surface area (Å²) in [6, 6.07) is 11.7. The molecular weight excluding hydrogens is 218 g/mol. The van der Waals surface area contributed by atoms with Crippen LogP contribution in [0.5, 0.6) is 0 Å². The van der Waals surface area contributed by atoms with Gasteiger partial charge in [0.1, 0.15) is 4.83 Å². The number of nitrogens with zero attached hydrogens (tertiary/aromatic N) is 1. The number of alkyl halides is 1. The minimum atomic E-state index is -0.173. The predicted octanol–water partition coefficient (Wildman–Crippen LogP) is 1.46. The molecule has 0 saturated carbocycles. The molecule has 1 rings (SSSR count). The Morgan fingerprint density at radius 1 is 1.25 bits per heavy atom. The lowest BCUT2D eigenvalue weighted by Gasteiger charge is -1.97. The maximum absolute atomic E-state index is 8.49. The lowest BCUT2D eigenvalue weighted by atomic mass is 10.2. The smallest absolute Gasteiger partial charge is 0.126 e. The van der Waals surface area contributed by atoms with Gasteiger partial charge in [-0.2, -0.15) is 5.26 Å². The summed E-state index contributed by atoms with van der Waals surface area (Å²) < 4.78 is 0. The van der Waals surface area contributed by atoms with Crippen LogP contribution in [0.15, 0.2) is 30.3 Å². The van der Waals surface area contributed by atoms with Crippen molar-refractivity contribution in [2.45, 2.75) is 4.83 Å². The van der Waals surface area contributed by atoms with Crippen LogP contribution >= 0.6 is 15.9 Å². The van der Waals surface area contributed by atoms with Crippen molar-refractivity contribution in [2.75, 3.05) is 0 Å². The van der Waals surface area contributed by atoms with Gasteiger partial charge >= 0.3 is 0 Å². The van der Waals surface area contributed by atoms with Crippen LogP contribution in [0.2, 0.25) is 0 Å². The van der Waals surface area contributed by atoms with Crippen LogP contribution < -0.4 is 11.7 Å². The molecule has 0 aliphatic carbocycles. The minimum Gasteiger partial charge on any atom is -0.274 e. The van der Waals surface area contributed by atoms with Crippen LogP contribution in [-0.4, -0.2) is 0 Å². The summed E-state index contributed by atoms with van der Waals surface area (Å²) in [6.45, 7) is 0. The summed E-state index contributed by atoms with van der Waals surface area (Å²) in [7, 11) is 0. The van der Waals surface area contributed by atoms with Crippen molar-refractivity contribution in [3.05, 3.63) is 35.9 Å². The Labute approximate surface area is 80.1 Å². The minimum absolute atomic E-state index is 0.173. The van der Waals surface area contributed by atoms with Crippen molar-refractivity contribution < 1.29 is 0 Å². The Kier molecular flexibility index (Phi) is 6.29. The van der Waals surface area contributed by atoms with Gasteiger partial charge in [0.25, 0.3) is 0 Å². The van der Waals surface area contributed by atoms with Gasteiger partial charge in [0, 0.05) is 0 Å². The number of nitrogens with two attached hydrogens (primary N) is 2. The Morgan fingerprint density at radius 3 is 2.17 bits per heavy atom. The molecule has 0 radical (unpaired) electrons. The summed E-state index contributed by atoms with van der Waals surface area (Å²) >= 11 is 3.22. The van der Waals surface area contributed by atoms with Crippen LogP contribution in [0.1, 0.15) is 10.4 Å². The van der Waals surface area contributed by atoms with Gasteiger partial charge in [-0.15, -0.1) is 0 Å². The van der Waals surface area contributed by atoms with Gasteiger partial charge in [0.05, 0.1) is 6.07 Å². The van der Waals surface area contributed by atoms with E-state index in [1.165, 1.54) is 0 Å². The second-order valence-corrected chi connectivity index (χ2v) is 2.82. The molecule has 0 saturated heterocycles. The average molecular weight is 228 g/mol. The first kappa shape index (κ1) is 11.1. The number of rotatable bonds is 1. The number of nitriles is 1. The van der Waals surface area contributed by atoms with Crippen molar-refractivity contribution >= 4 is 15.9 Å². The van der Waals surface area contributed by atoms with E-state index in [1.807, 2.05) is 30.3 Å². The number of hydrogen-bond acceptors (Lipinski definition) is 3. The molecule has 4 N–H and O–H groups in total. The summed E-state index contributed by atoms with van der Waals surface area (Å²) in [6.07, 6.45) is 0. The monoisotopic (exact) mass is 227 g/mol. The molecule has 0 heterocycles. The first-order valence-corrected chi connectivity index (χ1v) is 4.18. The molecule has 0 fully saturated rings. The third kappa shape index (κ3) is 3.49. The number of benzene rings is 1. The molecular formula is C8H10BrN3. The fraction of sp³-hybridized carbons (Fsp3) is 0.125. The summed E-state index contributed by atoms with van der Waals surface area (Å²) in [5, 5.41) is 8.49. The molecule has 1 unspecified atom stereocenters. The number of halogens is 1. The van der Waals surface area contributed by atoms with Crippen molar-refractivity contribution in [2.24, 2.45) is 11.7 Å². The maximum Gasteiger partial charge on any atom is 0.126 e. The summed E-state index contributed by atoms with van der Waals surface area (Å²) in [4.78, 5) is -0.173. The SMILES string of the molecule is N#CC(Br)c1ccccc1.NN. The second kappa shape index (κ2) is 6.80. The zero-order valence-corrected chi connectivity index (χ0v) is 8.03. The van der Waals surface area contributed by atoms with Crippen molar-refractivity contribution in [1.29, 1.82) is 5.26 Å². The molecule has 0 aliphatic rings. The van der Waals surface area contributed by atoms with Gasteiger partial charge in [0.15, 0.2) is 0 Å². The van der Waals surface area contributed by atoms with Crippen molar-refractivity contribution in [3.63, 3.8) is 0 Å². The molecule has 0 amide bonds. The fourth-order valence-corrected chi connectivity index (χ4v) is 1.00. The van der Waals surface area contributed by atoms with Gasteiger partial charge < -0.3 is 0 Å². The van der Waals surface area contributed by atoms with E-state index < -0.39 is 0 Å². The first-order chi connectivity index (χ1) is 5.84. The highest BCUT2D eigenvalue weighted by Gasteiger charge is 2.01. The lowest BCUT2D eigenvalue weighted by Crippen LogP contribution is -2.02. The third-order valence-electron chi connectivity index (χ3n) is 1.21. The Hall–Kier alpha value is -0.890. The van der Waals surface area contributed by atoms with Crippen molar-refractivity contribution in [3.8, 4) is 6.07 Å². The van der Waals surface area contributed by atoms with Crippen LogP contribution in [-0.2, 0) is 0 Å². The standard InChI is InChI=1S/C8H6BrN.H4N2/c9-8(6-10)7-4-2-1-3-5-7;1-2/h1-5,8H;1-2H2. The fourth-order valence-electron chi connectivity index (χ4n) is 0.697. The topological polar surface area (TPSA) is 75.8 Å². The normalized spacial score (nSPS) is 10.5. The molecule has 1 atom stereocenters. The van der Waals surface area contributed by atoms with Crippen LogP contribution in [0.25, 0.3) is 0 Å². The van der Waals surface area contributed by atoms with Gasteiger partial charge in [-0.05, 0) is 5.56 Å². The van der Waals surface area contributed by atoms with Crippen molar-refractivity contribution in [1.82, 2.24) is 0 Å². The zero-order valence-electron chi connectivity index (χ0n) is 6.44. The largest absolute Gasteiger partial charge is 0.274 e. The highest BCUT2D eigenvalue weighted by Crippen LogP contribution is 2.20. The highest BCUT2D eigenvalue weighted by atomic mass is 79.9. The third-order valence-corrected chi connectivity index (χ3v) is 1.94. The van der Waals surface area contributed by atoms with E-state index >= 15 is 0 Å². The van der Waals surface area contributed by atoms with E-state index in [0.29, 0.717) is 0 Å². The Balaban J connectivity index is 0.000000561. The zero-order chi connectivity index (χ0) is 9.40. The number of hydrogen-bond donors (Lipinski definition) is 2. The molecule has 3 nitrogen and oxygen atoms in total. The van der Waals surface area contributed by atoms with Crippen LogP contribution in [0.3, 0.4) is 0 Å². The van der Waals surface area contributed by atoms with Gasteiger partial charge in [-0.3, -0.25) is 11.7 Å². The van der Waals surface area contributed by atoms with Crippen LogP contribution in [0, 0.1) is 11.3 Å². The molecule has 64 valence electrons. The molecule has 1 aromatic rings. The Bertz CT molecular complexity index is 242. The summed E-state index contributed by atoms with van der Waals surface area (Å²) in [5.74, 6) is 8.00. The van der Waals surface area contributed by atoms with Gasteiger partial charge in [-0.1, -0.05) is 46.3 Å². The molecule has 0 aromatic heterocycles.